The predicted molar refractivity (Wildman–Crippen MR) is 31.5 cm³/mol. The van der Waals surface area contributed by atoms with E-state index in [0.29, 0.717) is 6.61 Å². The SMILES string of the molecule is COOCCN(C)C. The Kier molecular flexibility index (Phi) is 4.95. The maximum absolute atomic E-state index is 4.60. The smallest absolute Gasteiger partial charge is 0.0948 e. The third-order valence-electron chi connectivity index (χ3n) is 0.740. The van der Waals surface area contributed by atoms with Crippen LogP contribution < -0.4 is 0 Å². The lowest BCUT2D eigenvalue weighted by Crippen LogP contribution is -2.17. The lowest BCUT2D eigenvalue weighted by Gasteiger charge is -2.06. The molecule has 0 rings (SSSR count). The molecule has 0 aromatic heterocycles. The van der Waals surface area contributed by atoms with Gasteiger partial charge in [-0.2, -0.15) is 0 Å². The summed E-state index contributed by atoms with van der Waals surface area (Å²) in [5.74, 6) is 0. The van der Waals surface area contributed by atoms with E-state index in [0.717, 1.165) is 6.54 Å². The predicted octanol–water partition coefficient (Wildman–Crippen LogP) is 0.126. The van der Waals surface area contributed by atoms with Crippen molar-refractivity contribution >= 4 is 0 Å². The summed E-state index contributed by atoms with van der Waals surface area (Å²) in [6, 6.07) is 0. The highest BCUT2D eigenvalue weighted by Gasteiger charge is 1.87. The Morgan fingerprint density at radius 2 is 2.00 bits per heavy atom. The van der Waals surface area contributed by atoms with Crippen LogP contribution in [0, 0.1) is 0 Å². The van der Waals surface area contributed by atoms with Gasteiger partial charge in [0.15, 0.2) is 0 Å². The van der Waals surface area contributed by atoms with E-state index in [1.807, 2.05) is 19.0 Å². The summed E-state index contributed by atoms with van der Waals surface area (Å²) in [5.41, 5.74) is 0. The highest BCUT2D eigenvalue weighted by Crippen LogP contribution is 1.75. The van der Waals surface area contributed by atoms with E-state index in [-0.39, 0.29) is 0 Å². The second-order valence-corrected chi connectivity index (χ2v) is 1.79. The first-order valence-electron chi connectivity index (χ1n) is 2.57. The number of rotatable bonds is 4. The molecule has 0 fully saturated rings. The van der Waals surface area contributed by atoms with Crippen LogP contribution in [-0.4, -0.2) is 39.3 Å². The molecule has 0 atom stereocenters. The summed E-state index contributed by atoms with van der Waals surface area (Å²) in [7, 11) is 5.48. The van der Waals surface area contributed by atoms with Gasteiger partial charge in [-0.3, -0.25) is 0 Å². The minimum absolute atomic E-state index is 0.628. The minimum atomic E-state index is 0.628. The van der Waals surface area contributed by atoms with Gasteiger partial charge in [-0.1, -0.05) is 0 Å². The summed E-state index contributed by atoms with van der Waals surface area (Å²) in [6.07, 6.45) is 0. The van der Waals surface area contributed by atoms with Crippen molar-refractivity contribution in [3.63, 3.8) is 0 Å². The highest BCUT2D eigenvalue weighted by atomic mass is 17.2. The molecular weight excluding hydrogens is 106 g/mol. The summed E-state index contributed by atoms with van der Waals surface area (Å²) >= 11 is 0. The molecule has 0 radical (unpaired) electrons. The lowest BCUT2D eigenvalue weighted by molar-refractivity contribution is -0.272. The summed E-state index contributed by atoms with van der Waals surface area (Å²) in [4.78, 5) is 11.0. The second kappa shape index (κ2) is 5.03. The molecule has 0 aliphatic heterocycles. The van der Waals surface area contributed by atoms with Gasteiger partial charge in [-0.15, -0.1) is 0 Å². The molecule has 8 heavy (non-hydrogen) atoms. The Morgan fingerprint density at radius 3 is 2.38 bits per heavy atom. The van der Waals surface area contributed by atoms with Crippen molar-refractivity contribution in [2.75, 3.05) is 34.4 Å². The molecule has 0 saturated carbocycles. The van der Waals surface area contributed by atoms with Crippen molar-refractivity contribution in [1.82, 2.24) is 4.90 Å². The summed E-state index contributed by atoms with van der Waals surface area (Å²) in [6.45, 7) is 1.53. The Bertz CT molecular complexity index is 47.7. The van der Waals surface area contributed by atoms with Gasteiger partial charge in [0.25, 0.3) is 0 Å². The third kappa shape index (κ3) is 5.88. The number of hydrogen-bond donors (Lipinski definition) is 0. The molecule has 0 saturated heterocycles. The van der Waals surface area contributed by atoms with Crippen LogP contribution in [0.1, 0.15) is 0 Å². The van der Waals surface area contributed by atoms with Gasteiger partial charge in [-0.05, 0) is 14.1 Å². The maximum atomic E-state index is 4.60. The molecule has 0 aromatic rings. The summed E-state index contributed by atoms with van der Waals surface area (Å²) < 4.78 is 0. The van der Waals surface area contributed by atoms with Gasteiger partial charge in [0.2, 0.25) is 0 Å². The quantitative estimate of drug-likeness (QED) is 0.298. The van der Waals surface area contributed by atoms with Crippen LogP contribution >= 0.6 is 0 Å². The molecule has 0 bridgehead atoms. The van der Waals surface area contributed by atoms with E-state index in [4.69, 9.17) is 0 Å². The molecule has 0 spiro atoms. The molecule has 0 amide bonds. The van der Waals surface area contributed by atoms with E-state index in [1.165, 1.54) is 7.11 Å². The lowest BCUT2D eigenvalue weighted by atomic mass is 10.6. The fourth-order valence-corrected chi connectivity index (χ4v) is 0.303. The van der Waals surface area contributed by atoms with Crippen LogP contribution in [0.3, 0.4) is 0 Å². The van der Waals surface area contributed by atoms with Gasteiger partial charge in [0.05, 0.1) is 13.7 Å². The molecule has 0 aromatic carbocycles. The number of nitrogens with zero attached hydrogens (tertiary/aromatic N) is 1. The van der Waals surface area contributed by atoms with Crippen molar-refractivity contribution in [2.45, 2.75) is 0 Å². The fraction of sp³-hybridized carbons (Fsp3) is 1.00. The maximum Gasteiger partial charge on any atom is 0.0948 e. The fourth-order valence-electron chi connectivity index (χ4n) is 0.303. The Labute approximate surface area is 50.1 Å². The third-order valence-corrected chi connectivity index (χ3v) is 0.740. The standard InChI is InChI=1S/C5H13NO2/c1-6(2)4-5-8-7-3/h4-5H2,1-3H3. The van der Waals surface area contributed by atoms with E-state index >= 15 is 0 Å². The van der Waals surface area contributed by atoms with Gasteiger partial charge in [0, 0.05) is 6.54 Å². The van der Waals surface area contributed by atoms with E-state index < -0.39 is 0 Å². The van der Waals surface area contributed by atoms with E-state index in [9.17, 15) is 0 Å². The molecule has 0 unspecified atom stereocenters. The largest absolute Gasteiger partial charge is 0.307 e. The molecule has 3 heteroatoms. The van der Waals surface area contributed by atoms with E-state index in [2.05, 4.69) is 9.78 Å². The van der Waals surface area contributed by atoms with Crippen molar-refractivity contribution in [1.29, 1.82) is 0 Å². The second-order valence-electron chi connectivity index (χ2n) is 1.79. The van der Waals surface area contributed by atoms with Gasteiger partial charge in [0.1, 0.15) is 0 Å². The monoisotopic (exact) mass is 119 g/mol. The molecule has 0 aliphatic rings. The van der Waals surface area contributed by atoms with Crippen LogP contribution in [0.4, 0.5) is 0 Å². The highest BCUT2D eigenvalue weighted by molar-refractivity contribution is 4.35. The first kappa shape index (κ1) is 7.88. The van der Waals surface area contributed by atoms with Gasteiger partial charge < -0.3 is 4.90 Å². The Morgan fingerprint density at radius 1 is 1.38 bits per heavy atom. The first-order chi connectivity index (χ1) is 3.77. The van der Waals surface area contributed by atoms with Crippen molar-refractivity contribution in [2.24, 2.45) is 0 Å². The van der Waals surface area contributed by atoms with Gasteiger partial charge >= 0.3 is 0 Å². The number of hydrogen-bond acceptors (Lipinski definition) is 3. The van der Waals surface area contributed by atoms with Crippen LogP contribution in [-0.2, 0) is 9.78 Å². The van der Waals surface area contributed by atoms with Crippen LogP contribution in [0.15, 0.2) is 0 Å². The Balaban J connectivity index is 2.72. The molecular formula is C5H13NO2. The van der Waals surface area contributed by atoms with Crippen molar-refractivity contribution in [3.8, 4) is 0 Å². The van der Waals surface area contributed by atoms with E-state index in [1.54, 1.807) is 0 Å². The normalized spacial score (nSPS) is 10.5. The van der Waals surface area contributed by atoms with Crippen molar-refractivity contribution < 1.29 is 9.78 Å². The zero-order chi connectivity index (χ0) is 6.41. The molecule has 0 heterocycles. The van der Waals surface area contributed by atoms with Gasteiger partial charge in [-0.25, -0.2) is 9.78 Å². The van der Waals surface area contributed by atoms with Crippen LogP contribution in [0.25, 0.3) is 0 Å². The minimum Gasteiger partial charge on any atom is -0.307 e. The average Bonchev–Trinajstić information content (AvgIpc) is 1.66. The van der Waals surface area contributed by atoms with Crippen molar-refractivity contribution in [3.05, 3.63) is 0 Å². The molecule has 0 aliphatic carbocycles. The first-order valence-corrected chi connectivity index (χ1v) is 2.57. The molecule has 3 nitrogen and oxygen atoms in total. The average molecular weight is 119 g/mol. The zero-order valence-corrected chi connectivity index (χ0v) is 5.68. The van der Waals surface area contributed by atoms with Crippen LogP contribution in [0.2, 0.25) is 0 Å². The molecule has 0 N–H and O–H groups in total. The summed E-state index contributed by atoms with van der Waals surface area (Å²) in [5, 5.41) is 0. The zero-order valence-electron chi connectivity index (χ0n) is 5.68. The molecule has 50 valence electrons. The topological polar surface area (TPSA) is 21.7 Å². The van der Waals surface area contributed by atoms with Crippen LogP contribution in [0.5, 0.6) is 0 Å². The Hall–Kier alpha value is -0.120. The number of likely N-dealkylation sites (N-methyl/N-ethyl adjacent to an activating group) is 1.